The predicted molar refractivity (Wildman–Crippen MR) is 91.3 cm³/mol. The maximum Gasteiger partial charge on any atom is 0.328 e. The number of nitrogens with one attached hydrogen (secondary N) is 2. The van der Waals surface area contributed by atoms with Crippen molar-refractivity contribution in [3.8, 4) is 0 Å². The summed E-state index contributed by atoms with van der Waals surface area (Å²) >= 11 is 0. The zero-order valence-electron chi connectivity index (χ0n) is 13.7. The Morgan fingerprint density at radius 2 is 1.83 bits per heavy atom. The number of rotatable bonds is 2. The Morgan fingerprint density at radius 3 is 2.54 bits per heavy atom. The normalized spacial score (nSPS) is 25.3. The molecule has 1 saturated carbocycles. The van der Waals surface area contributed by atoms with Crippen molar-refractivity contribution in [1.29, 1.82) is 0 Å². The van der Waals surface area contributed by atoms with Gasteiger partial charge in [0.05, 0.1) is 5.69 Å². The molecule has 3 fully saturated rings. The summed E-state index contributed by atoms with van der Waals surface area (Å²) in [6.45, 7) is 3.85. The zero-order valence-corrected chi connectivity index (χ0v) is 13.7. The van der Waals surface area contributed by atoms with Crippen LogP contribution in [0.25, 0.3) is 0 Å². The lowest BCUT2D eigenvalue weighted by atomic mass is 9.61. The van der Waals surface area contributed by atoms with Gasteiger partial charge in [-0.25, -0.2) is 4.79 Å². The number of imide groups is 1. The van der Waals surface area contributed by atoms with Crippen molar-refractivity contribution < 1.29 is 9.59 Å². The molecule has 1 spiro atoms. The molecular formula is C18H22N4O2. The van der Waals surface area contributed by atoms with Crippen LogP contribution in [0.4, 0.5) is 16.2 Å². The van der Waals surface area contributed by atoms with Gasteiger partial charge in [0.15, 0.2) is 0 Å². The minimum absolute atomic E-state index is 0.181. The average Bonchev–Trinajstić information content (AvgIpc) is 2.89. The molecule has 24 heavy (non-hydrogen) atoms. The van der Waals surface area contributed by atoms with E-state index in [1.165, 1.54) is 37.2 Å². The quantitative estimate of drug-likeness (QED) is 0.858. The molecule has 1 aromatic carbocycles. The Hall–Kier alpha value is -2.08. The topological polar surface area (TPSA) is 64.7 Å². The second-order valence-electron chi connectivity index (χ2n) is 7.64. The number of anilines is 2. The summed E-state index contributed by atoms with van der Waals surface area (Å²) in [6, 6.07) is 6.58. The third kappa shape index (κ3) is 1.99. The number of amides is 3. The fourth-order valence-corrected chi connectivity index (χ4v) is 4.79. The molecule has 3 heterocycles. The first-order valence-corrected chi connectivity index (χ1v) is 8.86. The molecule has 0 unspecified atom stereocenters. The maximum absolute atomic E-state index is 12.2. The Bertz CT molecular complexity index is 720. The van der Waals surface area contributed by atoms with Crippen LogP contribution in [0.3, 0.4) is 0 Å². The van der Waals surface area contributed by atoms with Crippen molar-refractivity contribution >= 4 is 23.3 Å². The molecule has 1 aromatic rings. The first-order chi connectivity index (χ1) is 11.7. The molecule has 0 bridgehead atoms. The zero-order chi connectivity index (χ0) is 16.3. The van der Waals surface area contributed by atoms with Gasteiger partial charge in [-0.3, -0.25) is 15.0 Å². The first kappa shape index (κ1) is 14.3. The van der Waals surface area contributed by atoms with Gasteiger partial charge in [-0.2, -0.15) is 0 Å². The molecule has 6 heteroatoms. The minimum Gasteiger partial charge on any atom is -0.368 e. The van der Waals surface area contributed by atoms with Crippen LogP contribution in [-0.4, -0.2) is 44.2 Å². The van der Waals surface area contributed by atoms with Crippen LogP contribution >= 0.6 is 0 Å². The maximum atomic E-state index is 12.2. The summed E-state index contributed by atoms with van der Waals surface area (Å²) in [5.74, 6) is -0.181. The van der Waals surface area contributed by atoms with Crippen LogP contribution in [0.5, 0.6) is 0 Å². The lowest BCUT2D eigenvalue weighted by Gasteiger charge is -2.57. The second-order valence-corrected chi connectivity index (χ2v) is 7.64. The van der Waals surface area contributed by atoms with Gasteiger partial charge >= 0.3 is 6.03 Å². The highest BCUT2D eigenvalue weighted by atomic mass is 16.2. The number of hydrogen-bond acceptors (Lipinski definition) is 4. The Morgan fingerprint density at radius 1 is 1.04 bits per heavy atom. The monoisotopic (exact) mass is 326 g/mol. The molecule has 2 N–H and O–H groups in total. The van der Waals surface area contributed by atoms with Crippen molar-refractivity contribution in [3.63, 3.8) is 0 Å². The van der Waals surface area contributed by atoms with Crippen molar-refractivity contribution in [3.05, 3.63) is 23.8 Å². The van der Waals surface area contributed by atoms with Crippen LogP contribution in [0.1, 0.15) is 24.8 Å². The highest BCUT2D eigenvalue weighted by Crippen LogP contribution is 2.49. The third-order valence-corrected chi connectivity index (χ3v) is 6.16. The van der Waals surface area contributed by atoms with Crippen LogP contribution in [0.15, 0.2) is 18.2 Å². The van der Waals surface area contributed by atoms with Gasteiger partial charge in [-0.15, -0.1) is 0 Å². The summed E-state index contributed by atoms with van der Waals surface area (Å²) < 4.78 is 0. The molecule has 2 saturated heterocycles. The molecule has 0 aromatic heterocycles. The fourth-order valence-electron chi connectivity index (χ4n) is 4.79. The summed E-state index contributed by atoms with van der Waals surface area (Å²) in [7, 11) is 0. The van der Waals surface area contributed by atoms with Gasteiger partial charge in [0.2, 0.25) is 5.91 Å². The van der Waals surface area contributed by atoms with E-state index in [2.05, 4.69) is 21.6 Å². The average molecular weight is 326 g/mol. The molecule has 4 aliphatic rings. The number of urea groups is 1. The van der Waals surface area contributed by atoms with Crippen LogP contribution in [-0.2, 0) is 11.2 Å². The molecule has 1 aliphatic carbocycles. The lowest BCUT2D eigenvalue weighted by molar-refractivity contribution is -0.120. The van der Waals surface area contributed by atoms with Crippen LogP contribution < -0.4 is 20.4 Å². The number of hydrogen-bond donors (Lipinski definition) is 2. The van der Waals surface area contributed by atoms with E-state index in [0.717, 1.165) is 18.7 Å². The third-order valence-electron chi connectivity index (χ3n) is 6.16. The number of carbonyl (C=O) groups excluding carboxylic acids is 2. The van der Waals surface area contributed by atoms with Gasteiger partial charge in [0.1, 0.15) is 0 Å². The van der Waals surface area contributed by atoms with E-state index >= 15 is 0 Å². The molecule has 5 rings (SSSR count). The minimum atomic E-state index is -0.291. The van der Waals surface area contributed by atoms with E-state index in [0.29, 0.717) is 24.4 Å². The fraction of sp³-hybridized carbons (Fsp3) is 0.556. The highest BCUT2D eigenvalue weighted by Gasteiger charge is 2.51. The van der Waals surface area contributed by atoms with Crippen molar-refractivity contribution in [2.45, 2.75) is 31.7 Å². The van der Waals surface area contributed by atoms with E-state index < -0.39 is 0 Å². The Balaban J connectivity index is 1.40. The summed E-state index contributed by atoms with van der Waals surface area (Å²) in [4.78, 5) is 27.8. The molecule has 0 atom stereocenters. The van der Waals surface area contributed by atoms with E-state index in [-0.39, 0.29) is 11.9 Å². The van der Waals surface area contributed by atoms with E-state index in [9.17, 15) is 9.59 Å². The molecule has 6 nitrogen and oxygen atoms in total. The van der Waals surface area contributed by atoms with Crippen molar-refractivity contribution in [2.75, 3.05) is 36.0 Å². The number of benzene rings is 1. The lowest BCUT2D eigenvalue weighted by Crippen LogP contribution is -2.65. The predicted octanol–water partition coefficient (Wildman–Crippen LogP) is 1.25. The Labute approximate surface area is 141 Å². The number of fused-ring (bicyclic) bond motifs is 1. The van der Waals surface area contributed by atoms with Crippen molar-refractivity contribution in [1.82, 2.24) is 10.6 Å². The second kappa shape index (κ2) is 4.96. The van der Waals surface area contributed by atoms with Gasteiger partial charge < -0.3 is 10.2 Å². The molecule has 126 valence electrons. The van der Waals surface area contributed by atoms with Gasteiger partial charge in [0, 0.05) is 49.9 Å². The molecule has 0 radical (unpaired) electrons. The Kier molecular flexibility index (Phi) is 2.95. The van der Waals surface area contributed by atoms with Gasteiger partial charge in [-0.05, 0) is 36.8 Å². The number of nitrogens with zero attached hydrogens (tertiary/aromatic N) is 2. The summed E-state index contributed by atoms with van der Waals surface area (Å²) in [5, 5.41) is 5.83. The highest BCUT2D eigenvalue weighted by molar-refractivity contribution is 6.06. The number of carbonyl (C=O) groups is 2. The van der Waals surface area contributed by atoms with E-state index in [4.69, 9.17) is 0 Å². The van der Waals surface area contributed by atoms with Crippen LogP contribution in [0.2, 0.25) is 0 Å². The first-order valence-electron chi connectivity index (χ1n) is 8.86. The van der Waals surface area contributed by atoms with E-state index in [1.54, 1.807) is 4.90 Å². The molecular weight excluding hydrogens is 304 g/mol. The summed E-state index contributed by atoms with van der Waals surface area (Å²) in [6.07, 6.45) is 3.91. The van der Waals surface area contributed by atoms with Gasteiger partial charge in [0.25, 0.3) is 0 Å². The molecule has 3 aliphatic heterocycles. The van der Waals surface area contributed by atoms with E-state index in [1.807, 2.05) is 12.1 Å². The smallest absolute Gasteiger partial charge is 0.328 e. The van der Waals surface area contributed by atoms with Crippen LogP contribution in [0, 0.1) is 5.41 Å². The largest absolute Gasteiger partial charge is 0.368 e. The standard InChI is InChI=1S/C18H22N4O2/c23-16-5-7-22(17(24)20-16)15-3-1-2-14-13(15)4-6-21(14)12-8-18(9-12)10-19-11-18/h1-3,12,19H,4-11H2,(H,20,23,24). The SMILES string of the molecule is O=C1CCN(c2cccc3c2CCN3C2CC3(CNC3)C2)C(=O)N1. The molecule has 3 amide bonds. The summed E-state index contributed by atoms with van der Waals surface area (Å²) in [5.41, 5.74) is 4.08. The van der Waals surface area contributed by atoms with Gasteiger partial charge in [-0.1, -0.05) is 6.07 Å². The van der Waals surface area contributed by atoms with Crippen molar-refractivity contribution in [2.24, 2.45) is 5.41 Å².